The molecule has 27 heavy (non-hydrogen) atoms. The molecule has 0 spiro atoms. The van der Waals surface area contributed by atoms with Gasteiger partial charge in [-0.3, -0.25) is 9.59 Å². The molecule has 2 amide bonds. The van der Waals surface area contributed by atoms with Crippen LogP contribution in [0.3, 0.4) is 0 Å². The summed E-state index contributed by atoms with van der Waals surface area (Å²) >= 11 is 30.7. The average Bonchev–Trinajstić information content (AvgIpc) is 3.12. The SMILES string of the molecule is Cc1cc(Cl)cc(C2C(C(=O)Nc3cc(Cl)c(Cl)c(C(N)=O)c3)C2(Cl)Cl)c1. The summed E-state index contributed by atoms with van der Waals surface area (Å²) < 4.78 is -1.27. The maximum atomic E-state index is 12.7. The van der Waals surface area contributed by atoms with Gasteiger partial charge >= 0.3 is 0 Å². The number of alkyl halides is 2. The average molecular weight is 467 g/mol. The fourth-order valence-corrected chi connectivity index (χ4v) is 4.62. The monoisotopic (exact) mass is 464 g/mol. The third kappa shape index (κ3) is 4.01. The number of hydrogen-bond acceptors (Lipinski definition) is 2. The van der Waals surface area contributed by atoms with Gasteiger partial charge in [0.1, 0.15) is 4.33 Å². The maximum absolute atomic E-state index is 12.7. The first-order valence-electron chi connectivity index (χ1n) is 7.77. The summed E-state index contributed by atoms with van der Waals surface area (Å²) in [5.74, 6) is -2.31. The molecule has 2 atom stereocenters. The van der Waals surface area contributed by atoms with Crippen LogP contribution < -0.4 is 11.1 Å². The van der Waals surface area contributed by atoms with Crippen molar-refractivity contribution in [2.24, 2.45) is 11.7 Å². The van der Waals surface area contributed by atoms with E-state index in [0.717, 1.165) is 11.1 Å². The molecule has 0 aliphatic heterocycles. The van der Waals surface area contributed by atoms with E-state index in [0.29, 0.717) is 5.02 Å². The van der Waals surface area contributed by atoms with Gasteiger partial charge in [-0.15, -0.1) is 23.2 Å². The van der Waals surface area contributed by atoms with Crippen LogP contribution in [-0.4, -0.2) is 16.1 Å². The Balaban J connectivity index is 1.86. The van der Waals surface area contributed by atoms with E-state index in [9.17, 15) is 9.59 Å². The highest BCUT2D eigenvalue weighted by Crippen LogP contribution is 2.65. The Morgan fingerprint density at radius 2 is 1.74 bits per heavy atom. The predicted octanol–water partition coefficient (Wildman–Crippen LogP) is 5.58. The van der Waals surface area contributed by atoms with Crippen molar-refractivity contribution in [1.82, 2.24) is 0 Å². The van der Waals surface area contributed by atoms with Crippen molar-refractivity contribution in [2.45, 2.75) is 17.2 Å². The molecule has 0 aromatic heterocycles. The van der Waals surface area contributed by atoms with Crippen molar-refractivity contribution >= 4 is 75.5 Å². The number of primary amides is 1. The molecule has 2 aromatic rings. The second-order valence-electron chi connectivity index (χ2n) is 6.36. The summed E-state index contributed by atoms with van der Waals surface area (Å²) in [6.45, 7) is 1.89. The smallest absolute Gasteiger partial charge is 0.250 e. The van der Waals surface area contributed by atoms with E-state index < -0.39 is 28.0 Å². The molecule has 2 unspecified atom stereocenters. The molecule has 0 bridgehead atoms. The normalized spacial score (nSPS) is 20.2. The van der Waals surface area contributed by atoms with Crippen LogP contribution >= 0.6 is 58.0 Å². The van der Waals surface area contributed by atoms with Crippen molar-refractivity contribution in [3.05, 3.63) is 62.1 Å². The number of carbonyl (C=O) groups excluding carboxylic acids is 2. The lowest BCUT2D eigenvalue weighted by molar-refractivity contribution is -0.117. The third-order valence-corrected chi connectivity index (χ3v) is 6.28. The molecular weight excluding hydrogens is 453 g/mol. The standard InChI is InChI=1S/C18H13Cl5N2O2/c1-7-2-8(4-9(19)3-7)13-14(18(13,22)23)17(27)25-10-5-11(16(24)26)15(21)12(20)6-10/h2-6,13-14H,1H3,(H2,24,26)(H,25,27). The largest absolute Gasteiger partial charge is 0.366 e. The molecule has 1 saturated carbocycles. The van der Waals surface area contributed by atoms with Crippen LogP contribution in [0.25, 0.3) is 0 Å². The topological polar surface area (TPSA) is 72.2 Å². The third-order valence-electron chi connectivity index (χ3n) is 4.32. The first-order valence-corrected chi connectivity index (χ1v) is 9.66. The minimum atomic E-state index is -1.27. The predicted molar refractivity (Wildman–Crippen MR) is 110 cm³/mol. The molecule has 2 aromatic carbocycles. The Kier molecular flexibility index (Phi) is 5.59. The van der Waals surface area contributed by atoms with E-state index in [-0.39, 0.29) is 21.3 Å². The zero-order chi connectivity index (χ0) is 20.1. The lowest BCUT2D eigenvalue weighted by Gasteiger charge is -2.09. The van der Waals surface area contributed by atoms with Crippen LogP contribution in [0.5, 0.6) is 0 Å². The summed E-state index contributed by atoms with van der Waals surface area (Å²) in [5.41, 5.74) is 7.25. The molecule has 3 rings (SSSR count). The molecule has 0 heterocycles. The van der Waals surface area contributed by atoms with E-state index >= 15 is 0 Å². The molecule has 1 fully saturated rings. The lowest BCUT2D eigenvalue weighted by Crippen LogP contribution is -2.18. The molecule has 0 saturated heterocycles. The van der Waals surface area contributed by atoms with Gasteiger partial charge in [-0.25, -0.2) is 0 Å². The molecule has 142 valence electrons. The van der Waals surface area contributed by atoms with Crippen molar-refractivity contribution < 1.29 is 9.59 Å². The van der Waals surface area contributed by atoms with E-state index in [1.165, 1.54) is 12.1 Å². The number of nitrogens with one attached hydrogen (secondary N) is 1. The number of hydrogen-bond donors (Lipinski definition) is 2. The Labute approximate surface area is 180 Å². The van der Waals surface area contributed by atoms with Crippen molar-refractivity contribution in [3.8, 4) is 0 Å². The van der Waals surface area contributed by atoms with Gasteiger partial charge < -0.3 is 11.1 Å². The number of carbonyl (C=O) groups is 2. The van der Waals surface area contributed by atoms with Crippen LogP contribution in [0.2, 0.25) is 15.1 Å². The van der Waals surface area contributed by atoms with Gasteiger partial charge in [0.25, 0.3) is 0 Å². The summed E-state index contributed by atoms with van der Waals surface area (Å²) in [4.78, 5) is 24.2. The molecule has 3 N–H and O–H groups in total. The van der Waals surface area contributed by atoms with Gasteiger partial charge in [0.15, 0.2) is 0 Å². The number of halogens is 5. The van der Waals surface area contributed by atoms with E-state index in [2.05, 4.69) is 5.32 Å². The van der Waals surface area contributed by atoms with Crippen molar-refractivity contribution in [3.63, 3.8) is 0 Å². The van der Waals surface area contributed by atoms with E-state index in [4.69, 9.17) is 63.7 Å². The summed E-state index contributed by atoms with van der Waals surface area (Å²) in [5, 5.41) is 3.30. The van der Waals surface area contributed by atoms with Crippen LogP contribution in [0.1, 0.15) is 27.4 Å². The molecule has 1 aliphatic carbocycles. The second kappa shape index (κ2) is 7.34. The maximum Gasteiger partial charge on any atom is 0.250 e. The van der Waals surface area contributed by atoms with E-state index in [1.807, 2.05) is 13.0 Å². The highest BCUT2D eigenvalue weighted by atomic mass is 35.5. The van der Waals surface area contributed by atoms with Crippen LogP contribution in [0.15, 0.2) is 30.3 Å². The molecule has 1 aliphatic rings. The molecule has 4 nitrogen and oxygen atoms in total. The van der Waals surface area contributed by atoms with Crippen molar-refractivity contribution in [2.75, 3.05) is 5.32 Å². The Morgan fingerprint density at radius 1 is 1.07 bits per heavy atom. The zero-order valence-corrected chi connectivity index (χ0v) is 17.6. The quantitative estimate of drug-likeness (QED) is 0.578. The number of aryl methyl sites for hydroxylation is 1. The minimum absolute atomic E-state index is 0.000268. The zero-order valence-electron chi connectivity index (χ0n) is 13.8. The first-order chi connectivity index (χ1) is 12.5. The highest BCUT2D eigenvalue weighted by Gasteiger charge is 2.67. The Hall–Kier alpha value is -1.17. The van der Waals surface area contributed by atoms with Gasteiger partial charge in [-0.2, -0.15) is 0 Å². The van der Waals surface area contributed by atoms with Crippen LogP contribution in [-0.2, 0) is 4.79 Å². The summed E-state index contributed by atoms with van der Waals surface area (Å²) in [6.07, 6.45) is 0. The Bertz CT molecular complexity index is 941. The van der Waals surface area contributed by atoms with Gasteiger partial charge in [0, 0.05) is 16.6 Å². The Morgan fingerprint density at radius 3 is 2.33 bits per heavy atom. The molecule has 0 radical (unpaired) electrons. The highest BCUT2D eigenvalue weighted by molar-refractivity contribution is 6.53. The van der Waals surface area contributed by atoms with Gasteiger partial charge in [0.05, 0.1) is 21.5 Å². The first kappa shape index (κ1) is 20.6. The number of benzene rings is 2. The second-order valence-corrected chi connectivity index (χ2v) is 9.03. The van der Waals surface area contributed by atoms with E-state index in [1.54, 1.807) is 12.1 Å². The number of anilines is 1. The van der Waals surface area contributed by atoms with Crippen LogP contribution in [0, 0.1) is 12.8 Å². The van der Waals surface area contributed by atoms with Gasteiger partial charge in [0.2, 0.25) is 11.8 Å². The fraction of sp³-hybridized carbons (Fsp3) is 0.222. The number of rotatable bonds is 4. The fourth-order valence-electron chi connectivity index (χ4n) is 3.07. The van der Waals surface area contributed by atoms with Gasteiger partial charge in [-0.1, -0.05) is 40.9 Å². The number of amides is 2. The number of nitrogens with two attached hydrogens (primary N) is 1. The molecule has 9 heteroatoms. The van der Waals surface area contributed by atoms with Crippen LogP contribution in [0.4, 0.5) is 5.69 Å². The summed E-state index contributed by atoms with van der Waals surface area (Å²) in [7, 11) is 0. The van der Waals surface area contributed by atoms with Gasteiger partial charge in [-0.05, 0) is 42.3 Å². The molecular formula is C18H13Cl5N2O2. The summed E-state index contributed by atoms with van der Waals surface area (Å²) in [6, 6.07) is 8.18. The van der Waals surface area contributed by atoms with Crippen molar-refractivity contribution in [1.29, 1.82) is 0 Å². The lowest BCUT2D eigenvalue weighted by atomic mass is 10.1. The minimum Gasteiger partial charge on any atom is -0.366 e.